The Morgan fingerprint density at radius 1 is 1.12 bits per heavy atom. The number of rotatable bonds is 2. The van der Waals surface area contributed by atoms with E-state index in [4.69, 9.17) is 23.2 Å². The van der Waals surface area contributed by atoms with Gasteiger partial charge in [0.1, 0.15) is 6.10 Å². The van der Waals surface area contributed by atoms with Crippen molar-refractivity contribution in [1.29, 1.82) is 0 Å². The zero-order valence-corrected chi connectivity index (χ0v) is 10.4. The van der Waals surface area contributed by atoms with Crippen LogP contribution in [-0.4, -0.2) is 5.11 Å². The molecule has 1 unspecified atom stereocenters. The summed E-state index contributed by atoms with van der Waals surface area (Å²) in [6, 6.07) is 5.30. The summed E-state index contributed by atoms with van der Waals surface area (Å²) in [6.07, 6.45) is 6.02. The van der Waals surface area contributed by atoms with E-state index in [0.717, 1.165) is 30.4 Å². The van der Waals surface area contributed by atoms with Crippen molar-refractivity contribution < 1.29 is 5.11 Å². The van der Waals surface area contributed by atoms with Crippen LogP contribution in [0.1, 0.15) is 37.4 Å². The molecular weight excluding hydrogens is 243 g/mol. The van der Waals surface area contributed by atoms with E-state index in [1.54, 1.807) is 12.1 Å². The van der Waals surface area contributed by atoms with Crippen LogP contribution in [0.3, 0.4) is 0 Å². The molecule has 0 saturated carbocycles. The second kappa shape index (κ2) is 5.22. The third-order valence-corrected chi connectivity index (χ3v) is 3.68. The molecule has 1 atom stereocenters. The molecule has 0 saturated heterocycles. The average molecular weight is 257 g/mol. The summed E-state index contributed by atoms with van der Waals surface area (Å²) in [5, 5.41) is 11.2. The van der Waals surface area contributed by atoms with Crippen molar-refractivity contribution in [2.45, 2.75) is 31.8 Å². The lowest BCUT2D eigenvalue weighted by molar-refractivity contribution is 0.208. The van der Waals surface area contributed by atoms with Crippen molar-refractivity contribution in [2.75, 3.05) is 0 Å². The van der Waals surface area contributed by atoms with Gasteiger partial charge in [0.15, 0.2) is 0 Å². The van der Waals surface area contributed by atoms with E-state index in [1.807, 2.05) is 6.07 Å². The van der Waals surface area contributed by atoms with Crippen LogP contribution >= 0.6 is 23.2 Å². The normalized spacial score (nSPS) is 18.1. The van der Waals surface area contributed by atoms with Gasteiger partial charge in [-0.2, -0.15) is 0 Å². The number of aliphatic hydroxyl groups excluding tert-OH is 1. The maximum atomic E-state index is 10.2. The minimum absolute atomic E-state index is 0.495. The first kappa shape index (κ1) is 12.0. The van der Waals surface area contributed by atoms with Gasteiger partial charge in [0.2, 0.25) is 0 Å². The third kappa shape index (κ3) is 2.60. The van der Waals surface area contributed by atoms with Gasteiger partial charge in [-0.15, -0.1) is 0 Å². The highest BCUT2D eigenvalue weighted by Gasteiger charge is 2.16. The number of hydrogen-bond acceptors (Lipinski definition) is 1. The molecule has 0 heterocycles. The monoisotopic (exact) mass is 256 g/mol. The summed E-state index contributed by atoms with van der Waals surface area (Å²) >= 11 is 11.8. The number of benzene rings is 1. The van der Waals surface area contributed by atoms with Gasteiger partial charge in [-0.25, -0.2) is 0 Å². The maximum Gasteiger partial charge on any atom is 0.100 e. The molecule has 1 N–H and O–H groups in total. The minimum Gasteiger partial charge on any atom is -0.384 e. The standard InChI is InChI=1S/C13H14Cl2O/c14-11-7-6-10(8-12(11)15)13(16)9-4-2-1-3-5-9/h4,6-8,13,16H,1-3,5H2. The summed E-state index contributed by atoms with van der Waals surface area (Å²) in [5.41, 5.74) is 1.92. The van der Waals surface area contributed by atoms with Crippen molar-refractivity contribution in [3.8, 4) is 0 Å². The number of hydrogen-bond donors (Lipinski definition) is 1. The van der Waals surface area contributed by atoms with E-state index in [1.165, 1.54) is 6.42 Å². The highest BCUT2D eigenvalue weighted by Crippen LogP contribution is 2.32. The molecule has 0 amide bonds. The number of aliphatic hydroxyl groups is 1. The topological polar surface area (TPSA) is 20.2 Å². The van der Waals surface area contributed by atoms with E-state index < -0.39 is 6.10 Å². The Bertz CT molecular complexity index is 412. The van der Waals surface area contributed by atoms with Gasteiger partial charge in [0, 0.05) is 0 Å². The molecule has 2 rings (SSSR count). The lowest BCUT2D eigenvalue weighted by Gasteiger charge is -2.19. The van der Waals surface area contributed by atoms with Crippen LogP contribution < -0.4 is 0 Å². The van der Waals surface area contributed by atoms with E-state index in [-0.39, 0.29) is 0 Å². The Balaban J connectivity index is 2.22. The molecule has 3 heteroatoms. The lowest BCUT2D eigenvalue weighted by atomic mass is 9.92. The van der Waals surface area contributed by atoms with Crippen molar-refractivity contribution in [3.63, 3.8) is 0 Å². The van der Waals surface area contributed by atoms with Crippen LogP contribution in [0.2, 0.25) is 10.0 Å². The Morgan fingerprint density at radius 2 is 1.94 bits per heavy atom. The summed E-state index contributed by atoms with van der Waals surface area (Å²) in [5.74, 6) is 0. The van der Waals surface area contributed by atoms with Crippen LogP contribution in [0.15, 0.2) is 29.8 Å². The molecular formula is C13H14Cl2O. The summed E-state index contributed by atoms with van der Waals surface area (Å²) in [4.78, 5) is 0. The summed E-state index contributed by atoms with van der Waals surface area (Å²) < 4.78 is 0. The SMILES string of the molecule is OC(C1=CCCCC1)c1ccc(Cl)c(Cl)c1. The maximum absolute atomic E-state index is 10.2. The molecule has 1 aliphatic rings. The Hall–Kier alpha value is -0.500. The first-order valence-electron chi connectivity index (χ1n) is 5.50. The molecule has 1 aliphatic carbocycles. The quantitative estimate of drug-likeness (QED) is 0.772. The summed E-state index contributed by atoms with van der Waals surface area (Å²) in [7, 11) is 0. The largest absolute Gasteiger partial charge is 0.384 e. The van der Waals surface area contributed by atoms with Crippen molar-refractivity contribution in [1.82, 2.24) is 0 Å². The highest BCUT2D eigenvalue weighted by atomic mass is 35.5. The van der Waals surface area contributed by atoms with Crippen LogP contribution in [-0.2, 0) is 0 Å². The van der Waals surface area contributed by atoms with Gasteiger partial charge in [0.05, 0.1) is 10.0 Å². The van der Waals surface area contributed by atoms with Gasteiger partial charge >= 0.3 is 0 Å². The first-order valence-corrected chi connectivity index (χ1v) is 6.26. The van der Waals surface area contributed by atoms with Crippen LogP contribution in [0.5, 0.6) is 0 Å². The Kier molecular flexibility index (Phi) is 3.91. The average Bonchev–Trinajstić information content (AvgIpc) is 2.33. The zero-order valence-electron chi connectivity index (χ0n) is 8.92. The van der Waals surface area contributed by atoms with Gasteiger partial charge in [-0.05, 0) is 49.0 Å². The van der Waals surface area contributed by atoms with Crippen LogP contribution in [0.4, 0.5) is 0 Å². The van der Waals surface area contributed by atoms with Crippen molar-refractivity contribution in [3.05, 3.63) is 45.5 Å². The molecule has 0 bridgehead atoms. The predicted octanol–water partition coefficient (Wildman–Crippen LogP) is 4.53. The second-order valence-corrected chi connectivity index (χ2v) is 4.92. The molecule has 0 aromatic heterocycles. The number of halogens is 2. The fourth-order valence-electron chi connectivity index (χ4n) is 2.01. The number of allylic oxidation sites excluding steroid dienone is 1. The van der Waals surface area contributed by atoms with E-state index in [9.17, 15) is 5.11 Å². The van der Waals surface area contributed by atoms with E-state index >= 15 is 0 Å². The minimum atomic E-state index is -0.532. The molecule has 16 heavy (non-hydrogen) atoms. The van der Waals surface area contributed by atoms with Crippen molar-refractivity contribution >= 4 is 23.2 Å². The smallest absolute Gasteiger partial charge is 0.100 e. The van der Waals surface area contributed by atoms with E-state index in [0.29, 0.717) is 10.0 Å². The van der Waals surface area contributed by atoms with Gasteiger partial charge in [-0.3, -0.25) is 0 Å². The molecule has 0 aliphatic heterocycles. The Morgan fingerprint density at radius 3 is 2.56 bits per heavy atom. The van der Waals surface area contributed by atoms with Gasteiger partial charge in [0.25, 0.3) is 0 Å². The highest BCUT2D eigenvalue weighted by molar-refractivity contribution is 6.42. The van der Waals surface area contributed by atoms with E-state index in [2.05, 4.69) is 6.08 Å². The Labute approximate surface area is 106 Å². The molecule has 1 aromatic carbocycles. The molecule has 0 spiro atoms. The van der Waals surface area contributed by atoms with Crippen molar-refractivity contribution in [2.24, 2.45) is 0 Å². The first-order chi connectivity index (χ1) is 7.68. The predicted molar refractivity (Wildman–Crippen MR) is 68.0 cm³/mol. The van der Waals surface area contributed by atoms with Crippen LogP contribution in [0, 0.1) is 0 Å². The fourth-order valence-corrected chi connectivity index (χ4v) is 2.31. The van der Waals surface area contributed by atoms with Gasteiger partial charge < -0.3 is 5.11 Å². The third-order valence-electron chi connectivity index (χ3n) is 2.94. The van der Waals surface area contributed by atoms with Gasteiger partial charge in [-0.1, -0.05) is 35.3 Å². The molecule has 86 valence electrons. The fraction of sp³-hybridized carbons (Fsp3) is 0.385. The lowest BCUT2D eigenvalue weighted by Crippen LogP contribution is -2.04. The molecule has 0 radical (unpaired) electrons. The molecule has 1 aromatic rings. The molecule has 0 fully saturated rings. The zero-order chi connectivity index (χ0) is 11.5. The van der Waals surface area contributed by atoms with Crippen LogP contribution in [0.25, 0.3) is 0 Å². The second-order valence-electron chi connectivity index (χ2n) is 4.10. The molecule has 1 nitrogen and oxygen atoms in total. The summed E-state index contributed by atoms with van der Waals surface area (Å²) in [6.45, 7) is 0.